The van der Waals surface area contributed by atoms with E-state index in [2.05, 4.69) is 36.3 Å². The number of aryl methyl sites for hydroxylation is 1. The Kier molecular flexibility index (Phi) is 6.48. The summed E-state index contributed by atoms with van der Waals surface area (Å²) in [5.74, 6) is 0.548. The molecule has 2 unspecified atom stereocenters. The van der Waals surface area contributed by atoms with Gasteiger partial charge in [0.05, 0.1) is 0 Å². The average Bonchev–Trinajstić information content (AvgIpc) is 2.50. The van der Waals surface area contributed by atoms with E-state index in [1.807, 2.05) is 6.20 Å². The molecule has 1 aromatic rings. The summed E-state index contributed by atoms with van der Waals surface area (Å²) < 4.78 is 5.56. The monoisotopic (exact) mass is 276 g/mol. The largest absolute Gasteiger partial charge is 0.382 e. The molecule has 112 valence electrons. The normalized spacial score (nSPS) is 19.6. The van der Waals surface area contributed by atoms with Crippen molar-refractivity contribution in [1.82, 2.24) is 10.3 Å². The second-order valence-corrected chi connectivity index (χ2v) is 5.59. The van der Waals surface area contributed by atoms with Crippen molar-refractivity contribution in [2.45, 2.75) is 57.9 Å². The van der Waals surface area contributed by atoms with Crippen molar-refractivity contribution < 1.29 is 4.74 Å². The average molecular weight is 276 g/mol. The van der Waals surface area contributed by atoms with Gasteiger partial charge < -0.3 is 10.1 Å². The number of fused-ring (bicyclic) bond motifs is 1. The van der Waals surface area contributed by atoms with E-state index < -0.39 is 0 Å². The molecule has 0 aromatic carbocycles. The lowest BCUT2D eigenvalue weighted by molar-refractivity contribution is 0.131. The van der Waals surface area contributed by atoms with E-state index in [0.717, 1.165) is 26.2 Å². The van der Waals surface area contributed by atoms with Crippen LogP contribution in [0.1, 0.15) is 56.7 Å². The third-order valence-corrected chi connectivity index (χ3v) is 4.16. The number of ether oxygens (including phenoxy) is 1. The molecule has 0 radical (unpaired) electrons. The number of rotatable bonds is 8. The first kappa shape index (κ1) is 15.5. The maximum atomic E-state index is 5.56. The topological polar surface area (TPSA) is 34.1 Å². The van der Waals surface area contributed by atoms with Crippen molar-refractivity contribution in [3.8, 4) is 0 Å². The summed E-state index contributed by atoms with van der Waals surface area (Å²) in [6.07, 6.45) is 7.91. The minimum Gasteiger partial charge on any atom is -0.382 e. The van der Waals surface area contributed by atoms with E-state index in [1.165, 1.54) is 36.9 Å². The molecule has 3 nitrogen and oxygen atoms in total. The zero-order valence-corrected chi connectivity index (χ0v) is 12.9. The van der Waals surface area contributed by atoms with Gasteiger partial charge in [-0.2, -0.15) is 0 Å². The molecule has 0 saturated heterocycles. The van der Waals surface area contributed by atoms with E-state index in [0.29, 0.717) is 12.0 Å². The molecular formula is C17H28N2O. The summed E-state index contributed by atoms with van der Waals surface area (Å²) in [5, 5.41) is 3.72. The number of nitrogens with zero attached hydrogens (tertiary/aromatic N) is 1. The zero-order valence-electron chi connectivity index (χ0n) is 12.9. The predicted molar refractivity (Wildman–Crippen MR) is 83.1 cm³/mol. The molecule has 1 aliphatic rings. The van der Waals surface area contributed by atoms with Crippen molar-refractivity contribution in [1.29, 1.82) is 0 Å². The van der Waals surface area contributed by atoms with Crippen molar-refractivity contribution >= 4 is 0 Å². The minimum atomic E-state index is 0.496. The van der Waals surface area contributed by atoms with Gasteiger partial charge in [-0.3, -0.25) is 4.98 Å². The molecular weight excluding hydrogens is 248 g/mol. The molecule has 3 heteroatoms. The maximum absolute atomic E-state index is 5.56. The first-order valence-corrected chi connectivity index (χ1v) is 8.11. The molecule has 1 aromatic heterocycles. The third kappa shape index (κ3) is 4.03. The van der Waals surface area contributed by atoms with Gasteiger partial charge in [-0.25, -0.2) is 0 Å². The van der Waals surface area contributed by atoms with Crippen LogP contribution in [0.25, 0.3) is 0 Å². The molecule has 0 bridgehead atoms. The molecule has 0 saturated carbocycles. The van der Waals surface area contributed by atoms with Crippen LogP contribution < -0.4 is 5.32 Å². The summed E-state index contributed by atoms with van der Waals surface area (Å²) in [7, 11) is 0. The Bertz CT molecular complexity index is 394. The molecule has 1 aliphatic carbocycles. The summed E-state index contributed by atoms with van der Waals surface area (Å²) >= 11 is 0. The van der Waals surface area contributed by atoms with Gasteiger partial charge >= 0.3 is 0 Å². The molecule has 1 N–H and O–H groups in total. The lowest BCUT2D eigenvalue weighted by Crippen LogP contribution is -2.38. The van der Waals surface area contributed by atoms with E-state index in [-0.39, 0.29) is 0 Å². The fourth-order valence-electron chi connectivity index (χ4n) is 3.17. The smallest absolute Gasteiger partial charge is 0.0481 e. The van der Waals surface area contributed by atoms with Gasteiger partial charge in [0, 0.05) is 37.1 Å². The van der Waals surface area contributed by atoms with Crippen molar-refractivity contribution in [2.24, 2.45) is 0 Å². The Morgan fingerprint density at radius 3 is 3.15 bits per heavy atom. The van der Waals surface area contributed by atoms with Gasteiger partial charge in [-0.1, -0.05) is 13.0 Å². The van der Waals surface area contributed by atoms with Gasteiger partial charge in [0.2, 0.25) is 0 Å². The van der Waals surface area contributed by atoms with Crippen LogP contribution in [0.4, 0.5) is 0 Å². The summed E-state index contributed by atoms with van der Waals surface area (Å²) in [4.78, 5) is 4.68. The second kappa shape index (κ2) is 8.38. The highest BCUT2D eigenvalue weighted by Crippen LogP contribution is 2.33. The van der Waals surface area contributed by atoms with Crippen molar-refractivity contribution in [2.75, 3.05) is 19.8 Å². The Morgan fingerprint density at radius 2 is 2.35 bits per heavy atom. The van der Waals surface area contributed by atoms with E-state index in [1.54, 1.807) is 0 Å². The van der Waals surface area contributed by atoms with Crippen LogP contribution in [-0.4, -0.2) is 30.8 Å². The molecule has 0 fully saturated rings. The Hall–Kier alpha value is -0.930. The lowest BCUT2D eigenvalue weighted by atomic mass is 9.81. The fraction of sp³-hybridized carbons (Fsp3) is 0.706. The van der Waals surface area contributed by atoms with Crippen LogP contribution in [0.15, 0.2) is 18.3 Å². The summed E-state index contributed by atoms with van der Waals surface area (Å²) in [6.45, 7) is 7.01. The summed E-state index contributed by atoms with van der Waals surface area (Å²) in [5.41, 5.74) is 2.77. The minimum absolute atomic E-state index is 0.496. The van der Waals surface area contributed by atoms with Gasteiger partial charge in [-0.15, -0.1) is 0 Å². The van der Waals surface area contributed by atoms with Crippen LogP contribution in [0, 0.1) is 0 Å². The van der Waals surface area contributed by atoms with Crippen molar-refractivity contribution in [3.05, 3.63) is 29.6 Å². The lowest BCUT2D eigenvalue weighted by Gasteiger charge is -2.32. The van der Waals surface area contributed by atoms with Gasteiger partial charge in [-0.05, 0) is 57.2 Å². The van der Waals surface area contributed by atoms with Gasteiger partial charge in [0.25, 0.3) is 0 Å². The molecule has 20 heavy (non-hydrogen) atoms. The fourth-order valence-corrected chi connectivity index (χ4v) is 3.17. The van der Waals surface area contributed by atoms with E-state index >= 15 is 0 Å². The maximum Gasteiger partial charge on any atom is 0.0481 e. The van der Waals surface area contributed by atoms with Crippen LogP contribution in [0.5, 0.6) is 0 Å². The number of pyridine rings is 1. The Balaban J connectivity index is 2.07. The molecule has 2 atom stereocenters. The highest BCUT2D eigenvalue weighted by atomic mass is 16.5. The van der Waals surface area contributed by atoms with Gasteiger partial charge in [0.1, 0.15) is 0 Å². The standard InChI is InChI=1S/C17H28N2O/c1-3-11-18-16(10-13-20-4-2)15-9-5-7-14-8-6-12-19-17(14)15/h6,8,12,15-16,18H,3-5,7,9-11,13H2,1-2H3. The molecule has 1 heterocycles. The third-order valence-electron chi connectivity index (χ3n) is 4.16. The predicted octanol–water partition coefficient (Wildman–Crippen LogP) is 3.30. The van der Waals surface area contributed by atoms with E-state index in [4.69, 9.17) is 4.74 Å². The quantitative estimate of drug-likeness (QED) is 0.740. The molecule has 2 rings (SSSR count). The van der Waals surface area contributed by atoms with Crippen LogP contribution in [0.2, 0.25) is 0 Å². The Morgan fingerprint density at radius 1 is 1.45 bits per heavy atom. The molecule has 0 amide bonds. The van der Waals surface area contributed by atoms with Gasteiger partial charge in [0.15, 0.2) is 0 Å². The SMILES string of the molecule is CCCNC(CCOCC)C1CCCc2cccnc21. The second-order valence-electron chi connectivity index (χ2n) is 5.59. The first-order chi connectivity index (χ1) is 9.86. The van der Waals surface area contributed by atoms with Crippen LogP contribution in [0.3, 0.4) is 0 Å². The van der Waals surface area contributed by atoms with Crippen molar-refractivity contribution in [3.63, 3.8) is 0 Å². The zero-order chi connectivity index (χ0) is 14.2. The van der Waals surface area contributed by atoms with Crippen LogP contribution in [-0.2, 0) is 11.2 Å². The summed E-state index contributed by atoms with van der Waals surface area (Å²) in [6, 6.07) is 4.81. The highest BCUT2D eigenvalue weighted by molar-refractivity contribution is 5.27. The number of aromatic nitrogens is 1. The molecule has 0 aliphatic heterocycles. The molecule has 0 spiro atoms. The number of hydrogen-bond donors (Lipinski definition) is 1. The first-order valence-electron chi connectivity index (χ1n) is 8.11. The number of nitrogens with one attached hydrogen (secondary N) is 1. The van der Waals surface area contributed by atoms with Crippen LogP contribution >= 0.6 is 0 Å². The Labute approximate surface area is 123 Å². The number of hydrogen-bond acceptors (Lipinski definition) is 3. The van der Waals surface area contributed by atoms with E-state index in [9.17, 15) is 0 Å². The highest BCUT2D eigenvalue weighted by Gasteiger charge is 2.28.